The van der Waals surface area contributed by atoms with Crippen molar-refractivity contribution in [2.45, 2.75) is 0 Å². The first-order chi connectivity index (χ1) is 5.38. The zero-order chi connectivity index (χ0) is 7.68. The van der Waals surface area contributed by atoms with Crippen LogP contribution in [0.4, 0.5) is 0 Å². The smallest absolute Gasteiger partial charge is 0.123 e. The van der Waals surface area contributed by atoms with E-state index in [0.29, 0.717) is 5.75 Å². The van der Waals surface area contributed by atoms with Crippen molar-refractivity contribution in [3.05, 3.63) is 42.5 Å². The number of aromatic hydroxyl groups is 1. The van der Waals surface area contributed by atoms with Gasteiger partial charge in [-0.15, -0.1) is 0 Å². The molecule has 1 unspecified atom stereocenters. The number of phenolic OH excluding ortho intramolecular Hbond substituents is 1. The minimum absolute atomic E-state index is 0. The van der Waals surface area contributed by atoms with Gasteiger partial charge >= 0.3 is 0 Å². The second-order valence-corrected chi connectivity index (χ2v) is 2.50. The summed E-state index contributed by atoms with van der Waals surface area (Å²) < 4.78 is 0. The molecule has 0 fully saturated rings. The average Bonchev–Trinajstić information content (AvgIpc) is 2.06. The number of phenols is 1. The molecule has 13 heavy (non-hydrogen) atoms. The molecular weight excluding hydrogens is 226 g/mol. The van der Waals surface area contributed by atoms with Crippen LogP contribution in [0.2, 0.25) is 0 Å². The largest absolute Gasteiger partial charge is 0.507 e. The summed E-state index contributed by atoms with van der Waals surface area (Å²) in [5, 5.41) is 11.4. The summed E-state index contributed by atoms with van der Waals surface area (Å²) in [4.78, 5) is 0. The molecule has 2 aromatic carbocycles. The van der Waals surface area contributed by atoms with Crippen LogP contribution < -0.4 is 0 Å². The van der Waals surface area contributed by atoms with Crippen molar-refractivity contribution in [2.24, 2.45) is 0 Å². The van der Waals surface area contributed by atoms with Gasteiger partial charge in [-0.3, -0.25) is 0 Å². The van der Waals surface area contributed by atoms with E-state index in [9.17, 15) is 5.11 Å². The SMILES string of the molecule is Oc1cccc2ccccc12.P.[Ni]. The van der Waals surface area contributed by atoms with Gasteiger partial charge in [-0.25, -0.2) is 0 Å². The first-order valence-corrected chi connectivity index (χ1v) is 3.54. The molecule has 72 valence electrons. The Morgan fingerprint density at radius 3 is 2.15 bits per heavy atom. The molecule has 1 nitrogen and oxygen atoms in total. The maximum absolute atomic E-state index is 9.37. The van der Waals surface area contributed by atoms with Gasteiger partial charge in [-0.1, -0.05) is 36.4 Å². The first kappa shape index (κ1) is 12.4. The van der Waals surface area contributed by atoms with Crippen molar-refractivity contribution in [2.75, 3.05) is 0 Å². The maximum atomic E-state index is 9.37. The monoisotopic (exact) mass is 236 g/mol. The maximum Gasteiger partial charge on any atom is 0.123 e. The molecule has 0 heterocycles. The standard InChI is InChI=1S/C10H8O.Ni.H3P/c11-10-7-3-5-8-4-1-2-6-9(8)10;;/h1-7,11H;;1H3. The third kappa shape index (κ3) is 2.43. The zero-order valence-electron chi connectivity index (χ0n) is 7.01. The topological polar surface area (TPSA) is 20.2 Å². The van der Waals surface area contributed by atoms with Gasteiger partial charge in [-0.2, -0.15) is 9.90 Å². The Morgan fingerprint density at radius 1 is 0.846 bits per heavy atom. The van der Waals surface area contributed by atoms with Crippen LogP contribution in [0.3, 0.4) is 0 Å². The molecule has 0 spiro atoms. The van der Waals surface area contributed by atoms with Crippen molar-refractivity contribution in [3.8, 4) is 5.75 Å². The van der Waals surface area contributed by atoms with E-state index in [-0.39, 0.29) is 26.4 Å². The van der Waals surface area contributed by atoms with Crippen LogP contribution in [0.15, 0.2) is 42.5 Å². The predicted molar refractivity (Wildman–Crippen MR) is 56.7 cm³/mol. The van der Waals surface area contributed by atoms with Crippen LogP contribution >= 0.6 is 9.90 Å². The van der Waals surface area contributed by atoms with E-state index < -0.39 is 0 Å². The Labute approximate surface area is 90.7 Å². The van der Waals surface area contributed by atoms with Gasteiger partial charge < -0.3 is 5.11 Å². The summed E-state index contributed by atoms with van der Waals surface area (Å²) in [6.07, 6.45) is 0. The molecular formula is C10H11NiOP. The number of hydrogen-bond donors (Lipinski definition) is 1. The van der Waals surface area contributed by atoms with Gasteiger partial charge in [0.1, 0.15) is 5.75 Å². The molecule has 0 amide bonds. The quantitative estimate of drug-likeness (QED) is 0.551. The summed E-state index contributed by atoms with van der Waals surface area (Å²) in [6.45, 7) is 0. The van der Waals surface area contributed by atoms with Crippen LogP contribution in [0.5, 0.6) is 5.75 Å². The second-order valence-electron chi connectivity index (χ2n) is 2.50. The third-order valence-corrected chi connectivity index (χ3v) is 1.77. The normalized spacial score (nSPS) is 8.62. The van der Waals surface area contributed by atoms with Crippen LogP contribution in [0.1, 0.15) is 0 Å². The Kier molecular flexibility index (Phi) is 4.99. The van der Waals surface area contributed by atoms with E-state index >= 15 is 0 Å². The number of benzene rings is 2. The molecule has 0 radical (unpaired) electrons. The van der Waals surface area contributed by atoms with Gasteiger partial charge in [0.2, 0.25) is 0 Å². The van der Waals surface area contributed by atoms with E-state index in [2.05, 4.69) is 0 Å². The molecule has 0 aliphatic carbocycles. The van der Waals surface area contributed by atoms with E-state index in [0.717, 1.165) is 10.8 Å². The van der Waals surface area contributed by atoms with E-state index in [1.165, 1.54) is 0 Å². The molecule has 1 N–H and O–H groups in total. The number of fused-ring (bicyclic) bond motifs is 1. The van der Waals surface area contributed by atoms with Gasteiger partial charge in [0.25, 0.3) is 0 Å². The third-order valence-electron chi connectivity index (χ3n) is 1.77. The van der Waals surface area contributed by atoms with Gasteiger partial charge in [0.05, 0.1) is 0 Å². The van der Waals surface area contributed by atoms with Crippen molar-refractivity contribution in [1.82, 2.24) is 0 Å². The second kappa shape index (κ2) is 5.22. The summed E-state index contributed by atoms with van der Waals surface area (Å²) >= 11 is 0. The van der Waals surface area contributed by atoms with Crippen LogP contribution in [0, 0.1) is 0 Å². The van der Waals surface area contributed by atoms with E-state index in [4.69, 9.17) is 0 Å². The molecule has 0 aliphatic heterocycles. The Morgan fingerprint density at radius 2 is 1.46 bits per heavy atom. The van der Waals surface area contributed by atoms with Crippen LogP contribution in [-0.2, 0) is 16.5 Å². The van der Waals surface area contributed by atoms with Crippen molar-refractivity contribution < 1.29 is 21.6 Å². The summed E-state index contributed by atoms with van der Waals surface area (Å²) in [7, 11) is 0. The fraction of sp³-hybridized carbons (Fsp3) is 0. The molecule has 0 aromatic heterocycles. The molecule has 2 rings (SSSR count). The fourth-order valence-corrected chi connectivity index (χ4v) is 1.21. The summed E-state index contributed by atoms with van der Waals surface area (Å²) in [6, 6.07) is 13.3. The minimum atomic E-state index is 0. The molecule has 2 aromatic rings. The molecule has 1 atom stereocenters. The molecule has 0 saturated carbocycles. The minimum Gasteiger partial charge on any atom is -0.507 e. The summed E-state index contributed by atoms with van der Waals surface area (Å²) in [5.41, 5.74) is 0. The van der Waals surface area contributed by atoms with E-state index in [1.807, 2.05) is 36.4 Å². The van der Waals surface area contributed by atoms with E-state index in [1.54, 1.807) is 6.07 Å². The number of hydrogen-bond acceptors (Lipinski definition) is 1. The zero-order valence-corrected chi connectivity index (χ0v) is 9.41. The van der Waals surface area contributed by atoms with Crippen molar-refractivity contribution in [3.63, 3.8) is 0 Å². The van der Waals surface area contributed by atoms with Gasteiger partial charge in [-0.05, 0) is 11.5 Å². The average molecular weight is 237 g/mol. The first-order valence-electron chi connectivity index (χ1n) is 3.54. The van der Waals surface area contributed by atoms with Crippen LogP contribution in [0.25, 0.3) is 10.8 Å². The van der Waals surface area contributed by atoms with Crippen molar-refractivity contribution >= 4 is 20.7 Å². The molecule has 0 aliphatic rings. The molecule has 3 heteroatoms. The van der Waals surface area contributed by atoms with Gasteiger partial charge in [0.15, 0.2) is 0 Å². The summed E-state index contributed by atoms with van der Waals surface area (Å²) in [5.74, 6) is 0.350. The Hall–Kier alpha value is -0.576. The predicted octanol–water partition coefficient (Wildman–Crippen LogP) is 2.60. The Balaban J connectivity index is 0.000000720. The molecule has 0 bridgehead atoms. The number of rotatable bonds is 0. The fourth-order valence-electron chi connectivity index (χ4n) is 1.21. The molecule has 0 saturated heterocycles. The van der Waals surface area contributed by atoms with Crippen molar-refractivity contribution in [1.29, 1.82) is 0 Å². The van der Waals surface area contributed by atoms with Crippen LogP contribution in [-0.4, -0.2) is 5.11 Å². The Bertz CT molecular complexity index is 384. The van der Waals surface area contributed by atoms with Gasteiger partial charge in [0, 0.05) is 21.9 Å².